The van der Waals surface area contributed by atoms with Crippen molar-refractivity contribution < 1.29 is 4.74 Å². The quantitative estimate of drug-likeness (QED) is 0.655. The Balaban J connectivity index is 2.22. The van der Waals surface area contributed by atoms with Crippen molar-refractivity contribution in [2.75, 3.05) is 7.11 Å². The summed E-state index contributed by atoms with van der Waals surface area (Å²) in [4.78, 5) is 8.73. The molecule has 1 heterocycles. The Morgan fingerprint density at radius 2 is 1.81 bits per heavy atom. The van der Waals surface area contributed by atoms with Crippen LogP contribution in [-0.4, -0.2) is 23.1 Å². The monoisotopic (exact) mass is 303 g/mol. The fourth-order valence-electron chi connectivity index (χ4n) is 1.97. The van der Waals surface area contributed by atoms with Crippen molar-refractivity contribution in [2.24, 2.45) is 5.73 Å². The first-order valence-corrected chi connectivity index (χ1v) is 7.86. The first-order valence-electron chi connectivity index (χ1n) is 6.99. The van der Waals surface area contributed by atoms with E-state index in [1.807, 2.05) is 31.5 Å². The normalized spacial score (nSPS) is 13.7. The number of hydrogen-bond donors (Lipinski definition) is 1. The summed E-state index contributed by atoms with van der Waals surface area (Å²) in [6.07, 6.45) is 4.56. The van der Waals surface area contributed by atoms with Gasteiger partial charge in [-0.15, -0.1) is 0 Å². The summed E-state index contributed by atoms with van der Waals surface area (Å²) in [5.41, 5.74) is 8.51. The molecule has 4 nitrogen and oxygen atoms in total. The van der Waals surface area contributed by atoms with Crippen LogP contribution in [0.5, 0.6) is 5.75 Å². The van der Waals surface area contributed by atoms with Gasteiger partial charge in [-0.3, -0.25) is 0 Å². The van der Waals surface area contributed by atoms with E-state index in [-0.39, 0.29) is 11.3 Å². The molecule has 0 radical (unpaired) electrons. The highest BCUT2D eigenvalue weighted by molar-refractivity contribution is 7.99. The van der Waals surface area contributed by atoms with Crippen LogP contribution in [0, 0.1) is 6.92 Å². The number of aryl methyl sites for hydroxylation is 1. The first-order chi connectivity index (χ1) is 10.1. The van der Waals surface area contributed by atoms with Crippen LogP contribution in [-0.2, 0) is 0 Å². The molecule has 0 bridgehead atoms. The van der Waals surface area contributed by atoms with E-state index >= 15 is 0 Å². The van der Waals surface area contributed by atoms with Gasteiger partial charge in [0.2, 0.25) is 0 Å². The molecule has 2 N–H and O–H groups in total. The molecule has 2 aromatic rings. The topological polar surface area (TPSA) is 61.0 Å². The van der Waals surface area contributed by atoms with Crippen molar-refractivity contribution in [2.45, 2.75) is 36.7 Å². The number of aromatic nitrogens is 2. The summed E-state index contributed by atoms with van der Waals surface area (Å²) >= 11 is 1.61. The number of nitrogens with zero attached hydrogens (tertiary/aromatic N) is 2. The summed E-state index contributed by atoms with van der Waals surface area (Å²) in [5.74, 6) is 0.846. The van der Waals surface area contributed by atoms with Gasteiger partial charge in [0.1, 0.15) is 5.75 Å². The van der Waals surface area contributed by atoms with Gasteiger partial charge in [0, 0.05) is 18.4 Å². The average Bonchev–Trinajstić information content (AvgIpc) is 2.54. The van der Waals surface area contributed by atoms with Gasteiger partial charge < -0.3 is 10.5 Å². The molecular weight excluding hydrogens is 282 g/mol. The number of nitrogens with two attached hydrogens (primary N) is 1. The van der Waals surface area contributed by atoms with E-state index in [9.17, 15) is 0 Å². The molecule has 0 aliphatic heterocycles. The van der Waals surface area contributed by atoms with Gasteiger partial charge in [-0.1, -0.05) is 30.8 Å². The summed E-state index contributed by atoms with van der Waals surface area (Å²) in [6.45, 7) is 4.07. The van der Waals surface area contributed by atoms with Crippen LogP contribution in [0.3, 0.4) is 0 Å². The molecule has 0 spiro atoms. The van der Waals surface area contributed by atoms with E-state index in [0.717, 1.165) is 22.9 Å². The third-order valence-electron chi connectivity index (χ3n) is 3.29. The number of methoxy groups -OCH3 is 1. The van der Waals surface area contributed by atoms with E-state index in [1.54, 1.807) is 18.9 Å². The molecule has 5 heteroatoms. The molecular formula is C16H21N3OS. The number of ether oxygens (including phenoxy) is 1. The second-order valence-electron chi connectivity index (χ2n) is 4.93. The number of hydrogen-bond acceptors (Lipinski definition) is 5. The predicted octanol–water partition coefficient (Wildman–Crippen LogP) is 3.36. The van der Waals surface area contributed by atoms with Crippen molar-refractivity contribution >= 4 is 11.8 Å². The summed E-state index contributed by atoms with van der Waals surface area (Å²) in [7, 11) is 1.67. The molecule has 0 amide bonds. The molecule has 2 unspecified atom stereocenters. The lowest BCUT2D eigenvalue weighted by molar-refractivity contribution is 0.414. The molecule has 21 heavy (non-hydrogen) atoms. The van der Waals surface area contributed by atoms with Crippen LogP contribution in [0.25, 0.3) is 0 Å². The SMILES string of the molecule is CCC(N)C(Sc1ncc(C)cn1)c1ccc(OC)cc1. The number of thioether (sulfide) groups is 1. The highest BCUT2D eigenvalue weighted by Crippen LogP contribution is 2.36. The molecule has 0 aliphatic rings. The van der Waals surface area contributed by atoms with Crippen molar-refractivity contribution in [3.8, 4) is 5.75 Å². The summed E-state index contributed by atoms with van der Waals surface area (Å²) in [5, 5.41) is 0.883. The molecule has 1 aromatic heterocycles. The minimum Gasteiger partial charge on any atom is -0.497 e. The van der Waals surface area contributed by atoms with Crippen LogP contribution in [0.1, 0.15) is 29.7 Å². The second kappa shape index (κ2) is 7.43. The highest BCUT2D eigenvalue weighted by Gasteiger charge is 2.21. The van der Waals surface area contributed by atoms with Crippen molar-refractivity contribution in [1.29, 1.82) is 0 Å². The molecule has 0 saturated carbocycles. The standard InChI is InChI=1S/C16H21N3OS/c1-4-14(17)15(12-5-7-13(20-3)8-6-12)21-16-18-9-11(2)10-19-16/h5-10,14-15H,4,17H2,1-3H3. The van der Waals surface area contributed by atoms with E-state index in [0.29, 0.717) is 0 Å². The van der Waals surface area contributed by atoms with Crippen LogP contribution in [0.2, 0.25) is 0 Å². The molecule has 1 aromatic carbocycles. The molecule has 0 saturated heterocycles. The third-order valence-corrected chi connectivity index (χ3v) is 4.59. The Bertz CT molecular complexity index is 557. The third kappa shape index (κ3) is 4.19. The Morgan fingerprint density at radius 3 is 2.33 bits per heavy atom. The van der Waals surface area contributed by atoms with Gasteiger partial charge in [-0.2, -0.15) is 0 Å². The Labute approximate surface area is 130 Å². The fourth-order valence-corrected chi connectivity index (χ4v) is 3.08. The maximum atomic E-state index is 6.29. The van der Waals surface area contributed by atoms with E-state index < -0.39 is 0 Å². The summed E-state index contributed by atoms with van der Waals surface area (Å²) in [6, 6.07) is 8.08. The zero-order valence-corrected chi connectivity index (χ0v) is 13.4. The Kier molecular flexibility index (Phi) is 5.59. The average molecular weight is 303 g/mol. The van der Waals surface area contributed by atoms with Gasteiger partial charge in [-0.25, -0.2) is 9.97 Å². The van der Waals surface area contributed by atoms with E-state index in [1.165, 1.54) is 5.56 Å². The fraction of sp³-hybridized carbons (Fsp3) is 0.375. The molecule has 2 rings (SSSR count). The lowest BCUT2D eigenvalue weighted by Crippen LogP contribution is -2.25. The smallest absolute Gasteiger partial charge is 0.188 e. The van der Waals surface area contributed by atoms with Crippen LogP contribution in [0.15, 0.2) is 41.8 Å². The molecule has 112 valence electrons. The van der Waals surface area contributed by atoms with Crippen molar-refractivity contribution in [1.82, 2.24) is 9.97 Å². The summed E-state index contributed by atoms with van der Waals surface area (Å²) < 4.78 is 5.20. The van der Waals surface area contributed by atoms with E-state index in [4.69, 9.17) is 10.5 Å². The highest BCUT2D eigenvalue weighted by atomic mass is 32.2. The lowest BCUT2D eigenvalue weighted by atomic mass is 10.0. The van der Waals surface area contributed by atoms with Gasteiger partial charge in [0.25, 0.3) is 0 Å². The van der Waals surface area contributed by atoms with E-state index in [2.05, 4.69) is 29.0 Å². The first kappa shape index (κ1) is 15.8. The second-order valence-corrected chi connectivity index (χ2v) is 6.04. The predicted molar refractivity (Wildman–Crippen MR) is 86.6 cm³/mol. The van der Waals surface area contributed by atoms with Crippen LogP contribution in [0.4, 0.5) is 0 Å². The van der Waals surface area contributed by atoms with Crippen LogP contribution < -0.4 is 10.5 Å². The lowest BCUT2D eigenvalue weighted by Gasteiger charge is -2.22. The van der Waals surface area contributed by atoms with Crippen LogP contribution >= 0.6 is 11.8 Å². The Hall–Kier alpha value is -1.59. The van der Waals surface area contributed by atoms with Crippen molar-refractivity contribution in [3.05, 3.63) is 47.8 Å². The van der Waals surface area contributed by atoms with Gasteiger partial charge >= 0.3 is 0 Å². The molecule has 0 aliphatic carbocycles. The van der Waals surface area contributed by atoms with Gasteiger partial charge in [0.05, 0.1) is 12.4 Å². The minimum atomic E-state index is 0.0493. The van der Waals surface area contributed by atoms with Crippen molar-refractivity contribution in [3.63, 3.8) is 0 Å². The minimum absolute atomic E-state index is 0.0493. The van der Waals surface area contributed by atoms with Gasteiger partial charge in [-0.05, 0) is 36.6 Å². The largest absolute Gasteiger partial charge is 0.497 e. The molecule has 2 atom stereocenters. The zero-order valence-electron chi connectivity index (χ0n) is 12.6. The number of rotatable bonds is 6. The maximum absolute atomic E-state index is 6.29. The van der Waals surface area contributed by atoms with Gasteiger partial charge in [0.15, 0.2) is 5.16 Å². The Morgan fingerprint density at radius 1 is 1.19 bits per heavy atom. The number of benzene rings is 1. The maximum Gasteiger partial charge on any atom is 0.188 e. The zero-order chi connectivity index (χ0) is 15.2. The molecule has 0 fully saturated rings.